The predicted octanol–water partition coefficient (Wildman–Crippen LogP) is 2.66. The molecule has 0 radical (unpaired) electrons. The van der Waals surface area contributed by atoms with Gasteiger partial charge in [0.1, 0.15) is 0 Å². The van der Waals surface area contributed by atoms with E-state index < -0.39 is 0 Å². The number of aromatic amines is 1. The lowest BCUT2D eigenvalue weighted by Crippen LogP contribution is -2.41. The number of H-pyrrole nitrogens is 1. The highest BCUT2D eigenvalue weighted by atomic mass is 32.1. The average molecular weight is 280 g/mol. The van der Waals surface area contributed by atoms with E-state index in [0.717, 1.165) is 16.9 Å². The molecule has 0 saturated carbocycles. The quantitative estimate of drug-likeness (QED) is 0.661. The summed E-state index contributed by atoms with van der Waals surface area (Å²) in [5, 5.41) is 0. The van der Waals surface area contributed by atoms with Gasteiger partial charge in [-0.05, 0) is 46.2 Å². The van der Waals surface area contributed by atoms with E-state index in [4.69, 9.17) is 9.31 Å². The normalized spacial score (nSPS) is 22.0. The minimum absolute atomic E-state index is 0.333. The maximum absolute atomic E-state index is 6.03. The fraction of sp³-hybridized carbons (Fsp3) is 0.615. The van der Waals surface area contributed by atoms with E-state index >= 15 is 0 Å². The number of nitrogens with one attached hydrogen (secondary N) is 1. The van der Waals surface area contributed by atoms with Gasteiger partial charge in [-0.3, -0.25) is 0 Å². The smallest absolute Gasteiger partial charge is 0.400 e. The summed E-state index contributed by atoms with van der Waals surface area (Å²) in [6, 6.07) is 0. The number of aromatic nitrogens is 2. The highest BCUT2D eigenvalue weighted by molar-refractivity contribution is 7.80. The summed E-state index contributed by atoms with van der Waals surface area (Å²) in [6.45, 7) is 10.2. The molecular formula is C13H21BN2O2S. The molecule has 0 amide bonds. The fourth-order valence-corrected chi connectivity index (χ4v) is 2.11. The van der Waals surface area contributed by atoms with E-state index in [1.807, 2.05) is 40.7 Å². The van der Waals surface area contributed by atoms with Crippen LogP contribution in [0.1, 0.15) is 39.1 Å². The van der Waals surface area contributed by atoms with Crippen LogP contribution in [0.4, 0.5) is 0 Å². The molecule has 0 unspecified atom stereocenters. The van der Waals surface area contributed by atoms with Gasteiger partial charge >= 0.3 is 7.12 Å². The van der Waals surface area contributed by atoms with Crippen molar-refractivity contribution in [1.82, 2.24) is 9.97 Å². The summed E-state index contributed by atoms with van der Waals surface area (Å²) in [4.78, 5) is 7.33. The summed E-state index contributed by atoms with van der Waals surface area (Å²) in [6.07, 6.45) is 3.67. The molecular weight excluding hydrogens is 259 g/mol. The highest BCUT2D eigenvalue weighted by Gasteiger charge is 2.52. The lowest BCUT2D eigenvalue weighted by molar-refractivity contribution is 0.00578. The van der Waals surface area contributed by atoms with Gasteiger partial charge in [-0.25, -0.2) is 4.98 Å². The molecule has 1 saturated heterocycles. The third-order valence-corrected chi connectivity index (χ3v) is 4.29. The molecule has 0 aliphatic carbocycles. The molecule has 0 spiro atoms. The molecule has 19 heavy (non-hydrogen) atoms. The van der Waals surface area contributed by atoms with Gasteiger partial charge in [-0.2, -0.15) is 12.6 Å². The van der Waals surface area contributed by atoms with Gasteiger partial charge < -0.3 is 14.3 Å². The molecule has 1 N–H and O–H groups in total. The average Bonchev–Trinajstić information content (AvgIpc) is 2.78. The molecule has 1 aromatic rings. The second-order valence-electron chi connectivity index (χ2n) is 5.88. The van der Waals surface area contributed by atoms with Gasteiger partial charge in [0.15, 0.2) is 0 Å². The Bertz CT molecular complexity index is 481. The van der Waals surface area contributed by atoms with E-state index in [0.29, 0.717) is 5.75 Å². The van der Waals surface area contributed by atoms with Crippen molar-refractivity contribution >= 4 is 25.8 Å². The number of imidazole rings is 1. The van der Waals surface area contributed by atoms with Crippen molar-refractivity contribution in [1.29, 1.82) is 0 Å². The van der Waals surface area contributed by atoms with E-state index in [1.54, 1.807) is 6.33 Å². The second-order valence-corrected chi connectivity index (χ2v) is 6.19. The largest absolute Gasteiger partial charge is 0.491 e. The summed E-state index contributed by atoms with van der Waals surface area (Å²) >= 11 is 4.38. The Balaban J connectivity index is 2.26. The molecule has 1 fully saturated rings. The summed E-state index contributed by atoms with van der Waals surface area (Å²) < 4.78 is 12.1. The number of hydrogen-bond acceptors (Lipinski definition) is 4. The van der Waals surface area contributed by atoms with Crippen LogP contribution in [0.5, 0.6) is 0 Å². The fourth-order valence-electron chi connectivity index (χ4n) is 1.87. The molecule has 2 heterocycles. The number of aryl methyl sites for hydroxylation is 1. The zero-order valence-electron chi connectivity index (χ0n) is 12.2. The zero-order chi connectivity index (χ0) is 14.3. The van der Waals surface area contributed by atoms with E-state index in [1.165, 1.54) is 0 Å². The Kier molecular flexibility index (Phi) is 3.86. The van der Waals surface area contributed by atoms with E-state index in [9.17, 15) is 0 Å². The van der Waals surface area contributed by atoms with Gasteiger partial charge in [0.2, 0.25) is 0 Å². The Labute approximate surface area is 120 Å². The van der Waals surface area contributed by atoms with Crippen LogP contribution in [-0.4, -0.2) is 34.0 Å². The van der Waals surface area contributed by atoms with Crippen molar-refractivity contribution in [3.05, 3.63) is 23.2 Å². The maximum atomic E-state index is 6.03. The van der Waals surface area contributed by atoms with Gasteiger partial charge in [0, 0.05) is 11.4 Å². The van der Waals surface area contributed by atoms with Crippen LogP contribution < -0.4 is 0 Å². The first-order valence-corrected chi connectivity index (χ1v) is 7.07. The molecule has 2 rings (SSSR count). The monoisotopic (exact) mass is 280 g/mol. The van der Waals surface area contributed by atoms with Crippen LogP contribution in [0.25, 0.3) is 6.08 Å². The Hall–Kier alpha value is -0.715. The minimum atomic E-state index is -0.362. The first kappa shape index (κ1) is 14.7. The van der Waals surface area contributed by atoms with Crippen molar-refractivity contribution in [2.24, 2.45) is 0 Å². The lowest BCUT2D eigenvalue weighted by Gasteiger charge is -2.32. The van der Waals surface area contributed by atoms with Crippen molar-refractivity contribution in [3.63, 3.8) is 0 Å². The second kappa shape index (κ2) is 5.00. The van der Waals surface area contributed by atoms with Crippen LogP contribution in [0.2, 0.25) is 0 Å². The third kappa shape index (κ3) is 2.76. The molecule has 1 aliphatic heterocycles. The van der Waals surface area contributed by atoms with Crippen molar-refractivity contribution < 1.29 is 9.31 Å². The Morgan fingerprint density at radius 1 is 1.37 bits per heavy atom. The maximum Gasteiger partial charge on any atom is 0.491 e. The Morgan fingerprint density at radius 3 is 2.37 bits per heavy atom. The summed E-state index contributed by atoms with van der Waals surface area (Å²) in [7, 11) is -0.362. The summed E-state index contributed by atoms with van der Waals surface area (Å²) in [5.41, 5.74) is 2.24. The van der Waals surface area contributed by atoms with Crippen molar-refractivity contribution in [3.8, 4) is 0 Å². The van der Waals surface area contributed by atoms with Crippen LogP contribution in [0, 0.1) is 6.92 Å². The van der Waals surface area contributed by atoms with Crippen LogP contribution in [-0.2, 0) is 9.31 Å². The van der Waals surface area contributed by atoms with Gasteiger partial charge in [0.05, 0.1) is 23.2 Å². The lowest BCUT2D eigenvalue weighted by atomic mass is 9.78. The molecule has 6 heteroatoms. The van der Waals surface area contributed by atoms with Crippen LogP contribution >= 0.6 is 12.6 Å². The zero-order valence-corrected chi connectivity index (χ0v) is 13.0. The molecule has 104 valence electrons. The molecule has 4 nitrogen and oxygen atoms in total. The Morgan fingerprint density at radius 2 is 1.95 bits per heavy atom. The summed E-state index contributed by atoms with van der Waals surface area (Å²) in [5.74, 6) is 0.573. The van der Waals surface area contributed by atoms with Gasteiger partial charge in [-0.15, -0.1) is 0 Å². The molecule has 1 aromatic heterocycles. The van der Waals surface area contributed by atoms with Crippen molar-refractivity contribution in [2.45, 2.75) is 45.8 Å². The minimum Gasteiger partial charge on any atom is -0.400 e. The molecule has 0 aromatic carbocycles. The molecule has 0 bridgehead atoms. The number of thiol groups is 1. The third-order valence-electron chi connectivity index (χ3n) is 3.93. The standard InChI is InChI=1S/C13H21BN2O2S/c1-9-11(16-8-15-9)6-10(7-19)14-17-12(2,3)13(4,5)18-14/h6,8,19H,7H2,1-5H3,(H,15,16). The van der Waals surface area contributed by atoms with Crippen LogP contribution in [0.3, 0.4) is 0 Å². The van der Waals surface area contributed by atoms with Crippen LogP contribution in [0.15, 0.2) is 11.8 Å². The molecule has 1 aliphatic rings. The van der Waals surface area contributed by atoms with E-state index in [2.05, 4.69) is 22.6 Å². The van der Waals surface area contributed by atoms with E-state index in [-0.39, 0.29) is 18.3 Å². The predicted molar refractivity (Wildman–Crippen MR) is 81.2 cm³/mol. The first-order chi connectivity index (χ1) is 8.77. The number of hydrogen-bond donors (Lipinski definition) is 2. The van der Waals surface area contributed by atoms with Gasteiger partial charge in [0.25, 0.3) is 0 Å². The topological polar surface area (TPSA) is 47.1 Å². The SMILES string of the molecule is Cc1[nH]cnc1C=C(CS)B1OC(C)(C)C(C)(C)O1. The number of rotatable bonds is 3. The van der Waals surface area contributed by atoms with Crippen molar-refractivity contribution in [2.75, 3.05) is 5.75 Å². The van der Waals surface area contributed by atoms with Gasteiger partial charge in [-0.1, -0.05) is 0 Å². The highest BCUT2D eigenvalue weighted by Crippen LogP contribution is 2.38. The number of nitrogens with zero attached hydrogens (tertiary/aromatic N) is 1. The molecule has 0 atom stereocenters. The first-order valence-electron chi connectivity index (χ1n) is 6.44.